The van der Waals surface area contributed by atoms with E-state index in [1.807, 2.05) is 111 Å². The second-order valence-electron chi connectivity index (χ2n) is 18.7. The van der Waals surface area contributed by atoms with E-state index in [0.717, 1.165) is 34.1 Å². The van der Waals surface area contributed by atoms with Gasteiger partial charge < -0.3 is 29.3 Å². The molecule has 68 heavy (non-hydrogen) atoms. The number of Topliss-reactive ketones (excluding diaryl/α,β-unsaturated/α-hetero) is 2. The number of likely N-dealkylation sites (tertiary alicyclic amines) is 2. The standard InChI is InChI=1S/C55H59N5O8/c1-34(2)27-42(61)31-43(37-13-7-5-8-14-37)54(65)60-26-12-18-47(60)53(64)57-41-22-20-39(21-23-41)50-30-40-28-36(19-24-49(40)68-50)29-48(62)45-33-56-52(58-45)46-17-11-25-59(46)55(66)44(32-51(63)67-35(3)4)38-15-9-6-10-16-38/h5-10,13-16,19-24,28,30,33-35,43-44,46-47H,11-12,17-18,25-27,29,31-32H2,1-4H3,(H,56,58)(H,57,64)/t43-,44-,46+,47+/m1/s1. The van der Waals surface area contributed by atoms with Crippen LogP contribution >= 0.6 is 0 Å². The number of fused-ring (bicyclic) bond motifs is 1. The van der Waals surface area contributed by atoms with Gasteiger partial charge in [0.2, 0.25) is 17.7 Å². The van der Waals surface area contributed by atoms with E-state index in [2.05, 4.69) is 15.3 Å². The van der Waals surface area contributed by atoms with Crippen molar-refractivity contribution in [2.24, 2.45) is 5.92 Å². The lowest BCUT2D eigenvalue weighted by molar-refractivity contribution is -0.150. The predicted molar refractivity (Wildman–Crippen MR) is 259 cm³/mol. The Morgan fingerprint density at radius 1 is 0.750 bits per heavy atom. The molecule has 0 spiro atoms. The number of ether oxygens (including phenoxy) is 1. The summed E-state index contributed by atoms with van der Waals surface area (Å²) in [4.78, 5) is 92.4. The third-order valence-corrected chi connectivity index (χ3v) is 12.8. The average molecular weight is 918 g/mol. The summed E-state index contributed by atoms with van der Waals surface area (Å²) in [6.07, 6.45) is 4.42. The molecule has 4 atom stereocenters. The van der Waals surface area contributed by atoms with Crippen LogP contribution in [0.2, 0.25) is 0 Å². The Labute approximate surface area is 396 Å². The van der Waals surface area contributed by atoms with E-state index in [4.69, 9.17) is 9.15 Å². The van der Waals surface area contributed by atoms with Crippen LogP contribution in [-0.4, -0.2) is 80.3 Å². The molecule has 0 unspecified atom stereocenters. The minimum Gasteiger partial charge on any atom is -0.463 e. The van der Waals surface area contributed by atoms with E-state index in [1.165, 1.54) is 6.20 Å². The maximum Gasteiger partial charge on any atom is 0.307 e. The lowest BCUT2D eigenvalue weighted by Crippen LogP contribution is -2.45. The highest BCUT2D eigenvalue weighted by atomic mass is 16.5. The van der Waals surface area contributed by atoms with Gasteiger partial charge in [-0.3, -0.25) is 28.8 Å². The molecule has 2 aromatic heterocycles. The van der Waals surface area contributed by atoms with E-state index >= 15 is 0 Å². The summed E-state index contributed by atoms with van der Waals surface area (Å²) in [7, 11) is 0. The van der Waals surface area contributed by atoms with Crippen LogP contribution in [0.4, 0.5) is 5.69 Å². The number of anilines is 1. The van der Waals surface area contributed by atoms with E-state index in [1.54, 1.807) is 35.8 Å². The molecule has 0 aliphatic carbocycles. The first kappa shape index (κ1) is 47.3. The molecule has 3 amide bonds. The van der Waals surface area contributed by atoms with Crippen LogP contribution in [0.15, 0.2) is 120 Å². The average Bonchev–Trinajstić information content (AvgIpc) is 4.17. The van der Waals surface area contributed by atoms with E-state index in [9.17, 15) is 28.8 Å². The number of H-pyrrole nitrogens is 1. The summed E-state index contributed by atoms with van der Waals surface area (Å²) in [6.45, 7) is 8.49. The highest BCUT2D eigenvalue weighted by Crippen LogP contribution is 2.36. The van der Waals surface area contributed by atoms with Crippen LogP contribution < -0.4 is 5.32 Å². The highest BCUT2D eigenvalue weighted by Gasteiger charge is 2.39. The molecule has 0 saturated carbocycles. The van der Waals surface area contributed by atoms with Gasteiger partial charge in [0.1, 0.15) is 34.7 Å². The summed E-state index contributed by atoms with van der Waals surface area (Å²) >= 11 is 0. The number of nitrogens with zero attached hydrogens (tertiary/aromatic N) is 3. The molecule has 13 nitrogen and oxygen atoms in total. The number of amides is 3. The van der Waals surface area contributed by atoms with Gasteiger partial charge in [0.15, 0.2) is 5.78 Å². The third kappa shape index (κ3) is 11.2. The first-order chi connectivity index (χ1) is 32.8. The lowest BCUT2D eigenvalue weighted by Gasteiger charge is -2.28. The van der Waals surface area contributed by atoms with Gasteiger partial charge in [-0.05, 0) is 105 Å². The van der Waals surface area contributed by atoms with Gasteiger partial charge in [0.25, 0.3) is 0 Å². The van der Waals surface area contributed by atoms with Gasteiger partial charge in [0, 0.05) is 49.0 Å². The molecule has 2 N–H and O–H groups in total. The number of esters is 1. The number of benzene rings is 4. The number of aromatic amines is 1. The van der Waals surface area contributed by atoms with Crippen molar-refractivity contribution in [3.8, 4) is 11.3 Å². The summed E-state index contributed by atoms with van der Waals surface area (Å²) in [5.41, 5.74) is 4.67. The number of hydrogen-bond acceptors (Lipinski definition) is 9. The minimum atomic E-state index is -0.711. The topological polar surface area (TPSA) is 172 Å². The van der Waals surface area contributed by atoms with Crippen LogP contribution in [0.25, 0.3) is 22.3 Å². The van der Waals surface area contributed by atoms with Crippen LogP contribution in [-0.2, 0) is 35.1 Å². The molecule has 13 heteroatoms. The molecule has 4 heterocycles. The van der Waals surface area contributed by atoms with E-state index in [-0.39, 0.29) is 66.6 Å². The zero-order valence-corrected chi connectivity index (χ0v) is 39.1. The molecule has 352 valence electrons. The van der Waals surface area contributed by atoms with Gasteiger partial charge in [-0.1, -0.05) is 80.6 Å². The Morgan fingerprint density at radius 3 is 2.07 bits per heavy atom. The third-order valence-electron chi connectivity index (χ3n) is 12.8. The van der Waals surface area contributed by atoms with Gasteiger partial charge in [-0.2, -0.15) is 0 Å². The van der Waals surface area contributed by atoms with Gasteiger partial charge in [-0.25, -0.2) is 4.98 Å². The number of nitrogens with one attached hydrogen (secondary N) is 2. The van der Waals surface area contributed by atoms with Gasteiger partial charge >= 0.3 is 5.97 Å². The monoisotopic (exact) mass is 917 g/mol. The first-order valence-corrected chi connectivity index (χ1v) is 23.7. The molecule has 0 bridgehead atoms. The van der Waals surface area contributed by atoms with E-state index < -0.39 is 23.8 Å². The lowest BCUT2D eigenvalue weighted by atomic mass is 9.89. The first-order valence-electron chi connectivity index (χ1n) is 23.7. The number of ketones is 2. The molecule has 2 aliphatic heterocycles. The number of aromatic nitrogens is 2. The zero-order chi connectivity index (χ0) is 47.9. The minimum absolute atomic E-state index is 0.0324. The molecule has 8 rings (SSSR count). The maximum atomic E-state index is 14.1. The Balaban J connectivity index is 0.891. The van der Waals surface area contributed by atoms with Crippen molar-refractivity contribution in [3.63, 3.8) is 0 Å². The normalized spacial score (nSPS) is 16.9. The fourth-order valence-corrected chi connectivity index (χ4v) is 9.55. The predicted octanol–water partition coefficient (Wildman–Crippen LogP) is 9.76. The maximum absolute atomic E-state index is 14.1. The molecule has 2 saturated heterocycles. The fraction of sp³-hybridized carbons (Fsp3) is 0.364. The van der Waals surface area contributed by atoms with Crippen molar-refractivity contribution in [1.82, 2.24) is 19.8 Å². The van der Waals surface area contributed by atoms with Crippen molar-refractivity contribution in [1.29, 1.82) is 0 Å². The van der Waals surface area contributed by atoms with Crippen molar-refractivity contribution >= 4 is 51.9 Å². The Hall–Kier alpha value is -7.15. The number of hydrogen-bond donors (Lipinski definition) is 2. The molecule has 4 aromatic carbocycles. The summed E-state index contributed by atoms with van der Waals surface area (Å²) in [5, 5.41) is 3.83. The molecule has 2 aliphatic rings. The smallest absolute Gasteiger partial charge is 0.307 e. The fourth-order valence-electron chi connectivity index (χ4n) is 9.55. The number of rotatable bonds is 18. The van der Waals surface area contributed by atoms with Crippen LogP contribution in [0.1, 0.15) is 124 Å². The van der Waals surface area contributed by atoms with E-state index in [0.29, 0.717) is 67.3 Å². The number of furan rings is 1. The van der Waals surface area contributed by atoms with Crippen LogP contribution in [0.3, 0.4) is 0 Å². The Morgan fingerprint density at radius 2 is 1.40 bits per heavy atom. The molecule has 6 aromatic rings. The molecule has 0 radical (unpaired) electrons. The second kappa shape index (κ2) is 21.2. The van der Waals surface area contributed by atoms with Crippen molar-refractivity contribution < 1.29 is 37.9 Å². The van der Waals surface area contributed by atoms with Crippen molar-refractivity contribution in [3.05, 3.63) is 144 Å². The summed E-state index contributed by atoms with van der Waals surface area (Å²) in [5.74, 6) is -1.23. The zero-order valence-electron chi connectivity index (χ0n) is 39.1. The summed E-state index contributed by atoms with van der Waals surface area (Å²) in [6, 6.07) is 32.5. The van der Waals surface area contributed by atoms with Gasteiger partial charge in [-0.15, -0.1) is 0 Å². The summed E-state index contributed by atoms with van der Waals surface area (Å²) < 4.78 is 11.6. The SMILES string of the molecule is CC(C)CC(=O)C[C@@H](C(=O)N1CCC[C@H]1C(=O)Nc1ccc(-c2cc3cc(CC(=O)c4cnc([C@@H]5CCCN5C(=O)[C@H](CC(=O)OC(C)C)c5ccccc5)[nH]4)ccc3o2)cc1)c1ccccc1. The number of carbonyl (C=O) groups is 6. The Kier molecular flexibility index (Phi) is 14.8. The highest BCUT2D eigenvalue weighted by molar-refractivity contribution is 6.00. The number of carbonyl (C=O) groups excluding carboxylic acids is 6. The van der Waals surface area contributed by atoms with Crippen molar-refractivity contribution in [2.45, 2.75) is 109 Å². The van der Waals surface area contributed by atoms with Crippen molar-refractivity contribution in [2.75, 3.05) is 18.4 Å². The molecular formula is C55H59N5O8. The Bertz CT molecular complexity index is 2760. The second-order valence-corrected chi connectivity index (χ2v) is 18.7. The number of imidazole rings is 1. The quantitative estimate of drug-likeness (QED) is 0.0629. The molecular weight excluding hydrogens is 859 g/mol. The van der Waals surface area contributed by atoms with Crippen LogP contribution in [0, 0.1) is 5.92 Å². The largest absolute Gasteiger partial charge is 0.463 e. The van der Waals surface area contributed by atoms with Crippen LogP contribution in [0.5, 0.6) is 0 Å². The van der Waals surface area contributed by atoms with Gasteiger partial charge in [0.05, 0.1) is 36.6 Å². The molecule has 2 fully saturated rings.